The molecule has 0 radical (unpaired) electrons. The third-order valence-corrected chi connectivity index (χ3v) is 5.67. The number of halogens is 1. The van der Waals surface area contributed by atoms with E-state index >= 15 is 0 Å². The van der Waals surface area contributed by atoms with Gasteiger partial charge in [0.1, 0.15) is 23.5 Å². The monoisotopic (exact) mass is 496 g/mol. The number of carbonyl (C=O) groups is 1. The first-order valence-electron chi connectivity index (χ1n) is 11.6. The molecule has 0 saturated heterocycles. The largest absolute Gasteiger partial charge is 0.395 e. The molecule has 0 fully saturated rings. The van der Waals surface area contributed by atoms with Crippen molar-refractivity contribution in [3.8, 4) is 11.3 Å². The average Bonchev–Trinajstić information content (AvgIpc) is 3.12. The molecule has 0 spiro atoms. The molecule has 1 N–H and O–H groups in total. The molecule has 0 aliphatic heterocycles. The lowest BCUT2D eigenvalue weighted by Crippen LogP contribution is -2.27. The zero-order valence-electron chi connectivity index (χ0n) is 20.7. The summed E-state index contributed by atoms with van der Waals surface area (Å²) in [6.45, 7) is 2.98. The van der Waals surface area contributed by atoms with Gasteiger partial charge < -0.3 is 20.0 Å². The van der Waals surface area contributed by atoms with Crippen molar-refractivity contribution in [2.24, 2.45) is 5.16 Å². The molecule has 0 unspecified atom stereocenters. The molecule has 8 nitrogen and oxygen atoms in total. The van der Waals surface area contributed by atoms with E-state index in [0.717, 1.165) is 42.8 Å². The van der Waals surface area contributed by atoms with Gasteiger partial charge in [0.25, 0.3) is 5.91 Å². The molecular formula is C26H33ClN6O2. The normalized spacial score (nSPS) is 13.1. The van der Waals surface area contributed by atoms with Gasteiger partial charge in [-0.1, -0.05) is 35.5 Å². The van der Waals surface area contributed by atoms with Crippen LogP contribution in [0.1, 0.15) is 34.5 Å². The van der Waals surface area contributed by atoms with Crippen LogP contribution in [0.3, 0.4) is 0 Å². The van der Waals surface area contributed by atoms with Crippen LogP contribution in [0.2, 0.25) is 0 Å². The van der Waals surface area contributed by atoms with Gasteiger partial charge in [-0.15, -0.1) is 12.4 Å². The van der Waals surface area contributed by atoms with Crippen LogP contribution in [0.5, 0.6) is 0 Å². The zero-order valence-corrected chi connectivity index (χ0v) is 21.6. The Bertz CT molecular complexity index is 1210. The third-order valence-electron chi connectivity index (χ3n) is 5.67. The summed E-state index contributed by atoms with van der Waals surface area (Å²) in [7, 11) is 8.11. The lowest BCUT2D eigenvalue weighted by molar-refractivity contribution is 0.0953. The Labute approximate surface area is 212 Å². The lowest BCUT2D eigenvalue weighted by atomic mass is 10.1. The number of nitrogens with zero attached hydrogens (tertiary/aromatic N) is 5. The van der Waals surface area contributed by atoms with E-state index in [4.69, 9.17) is 14.8 Å². The summed E-state index contributed by atoms with van der Waals surface area (Å²) < 4.78 is 0. The smallest absolute Gasteiger partial charge is 0.253 e. The summed E-state index contributed by atoms with van der Waals surface area (Å²) in [6.07, 6.45) is 1.76. The van der Waals surface area contributed by atoms with Gasteiger partial charge in [0.2, 0.25) is 0 Å². The fourth-order valence-electron chi connectivity index (χ4n) is 3.98. The molecule has 3 aromatic rings. The number of oxime groups is 1. The number of hydrogen-bond acceptors (Lipinski definition) is 7. The summed E-state index contributed by atoms with van der Waals surface area (Å²) in [6, 6.07) is 13.5. The second-order valence-corrected chi connectivity index (χ2v) is 8.98. The van der Waals surface area contributed by atoms with Gasteiger partial charge in [0.05, 0.1) is 16.8 Å². The maximum Gasteiger partial charge on any atom is 0.253 e. The summed E-state index contributed by atoms with van der Waals surface area (Å²) in [5, 5.41) is 7.45. The minimum Gasteiger partial charge on any atom is -0.395 e. The topological polar surface area (TPSA) is 83.0 Å². The van der Waals surface area contributed by atoms with Crippen LogP contribution in [0.25, 0.3) is 22.3 Å². The van der Waals surface area contributed by atoms with Gasteiger partial charge >= 0.3 is 0 Å². The van der Waals surface area contributed by atoms with Crippen molar-refractivity contribution in [3.05, 3.63) is 59.3 Å². The van der Waals surface area contributed by atoms with E-state index in [9.17, 15) is 4.79 Å². The Kier molecular flexibility index (Phi) is 9.14. The molecular weight excluding hydrogens is 464 g/mol. The van der Waals surface area contributed by atoms with Crippen LogP contribution >= 0.6 is 12.4 Å². The number of carbonyl (C=O) groups excluding carboxylic acids is 1. The molecule has 2 aromatic carbocycles. The van der Waals surface area contributed by atoms with Crippen LogP contribution in [-0.4, -0.2) is 85.8 Å². The van der Waals surface area contributed by atoms with E-state index in [1.165, 1.54) is 0 Å². The molecule has 1 aliphatic rings. The first kappa shape index (κ1) is 26.5. The molecule has 0 saturated carbocycles. The molecule has 1 amide bonds. The fraction of sp³-hybridized carbons (Fsp3) is 0.385. The molecule has 1 aliphatic carbocycles. The van der Waals surface area contributed by atoms with Gasteiger partial charge in [0, 0.05) is 24.2 Å². The van der Waals surface area contributed by atoms with E-state index in [-0.39, 0.29) is 18.3 Å². The van der Waals surface area contributed by atoms with Gasteiger partial charge in [-0.3, -0.25) is 4.79 Å². The summed E-state index contributed by atoms with van der Waals surface area (Å²) in [4.78, 5) is 32.6. The van der Waals surface area contributed by atoms with Crippen molar-refractivity contribution in [1.29, 1.82) is 0 Å². The Hall–Kier alpha value is -3.07. The molecule has 1 heterocycles. The Morgan fingerprint density at radius 1 is 0.914 bits per heavy atom. The number of rotatable bonds is 10. The van der Waals surface area contributed by atoms with E-state index in [1.807, 2.05) is 64.6 Å². The van der Waals surface area contributed by atoms with Gasteiger partial charge in [0.15, 0.2) is 0 Å². The number of benzene rings is 2. The van der Waals surface area contributed by atoms with Crippen LogP contribution in [0.15, 0.2) is 47.6 Å². The Morgan fingerprint density at radius 2 is 1.63 bits per heavy atom. The van der Waals surface area contributed by atoms with Gasteiger partial charge in [-0.05, 0) is 59.7 Å². The van der Waals surface area contributed by atoms with Crippen molar-refractivity contribution in [3.63, 3.8) is 0 Å². The first-order chi connectivity index (χ1) is 16.5. The number of hydrogen-bond donors (Lipinski definition) is 1. The molecule has 1 aromatic heterocycles. The maximum atomic E-state index is 12.9. The van der Waals surface area contributed by atoms with Gasteiger partial charge in [-0.2, -0.15) is 0 Å². The average molecular weight is 497 g/mol. The number of fused-ring (bicyclic) bond motifs is 4. The number of para-hydroxylation sites is 1. The highest BCUT2D eigenvalue weighted by molar-refractivity contribution is 6.23. The molecule has 35 heavy (non-hydrogen) atoms. The van der Waals surface area contributed by atoms with E-state index in [0.29, 0.717) is 41.2 Å². The highest BCUT2D eigenvalue weighted by atomic mass is 35.5. The van der Waals surface area contributed by atoms with Crippen molar-refractivity contribution in [1.82, 2.24) is 25.1 Å². The first-order valence-corrected chi connectivity index (χ1v) is 11.6. The number of amides is 1. The van der Waals surface area contributed by atoms with Crippen LogP contribution < -0.4 is 5.32 Å². The predicted octanol–water partition coefficient (Wildman–Crippen LogP) is 3.43. The van der Waals surface area contributed by atoms with E-state index < -0.39 is 0 Å². The van der Waals surface area contributed by atoms with Crippen molar-refractivity contribution >= 4 is 35.1 Å². The van der Waals surface area contributed by atoms with E-state index in [2.05, 4.69) is 20.3 Å². The Balaban J connectivity index is 0.00000342. The van der Waals surface area contributed by atoms with E-state index in [1.54, 1.807) is 6.07 Å². The fourth-order valence-corrected chi connectivity index (χ4v) is 3.98. The third kappa shape index (κ3) is 6.14. The van der Waals surface area contributed by atoms with Crippen LogP contribution in [-0.2, 0) is 4.84 Å². The zero-order chi connectivity index (χ0) is 24.1. The van der Waals surface area contributed by atoms with Crippen molar-refractivity contribution in [2.75, 3.05) is 54.4 Å². The quantitative estimate of drug-likeness (QED) is 0.267. The van der Waals surface area contributed by atoms with Crippen LogP contribution in [0.4, 0.5) is 0 Å². The van der Waals surface area contributed by atoms with Crippen molar-refractivity contribution < 1.29 is 9.63 Å². The SMILES string of the molecule is CN(C)CCCNC(=O)c1cccc2nc3c(nc12)-c1ccccc1/C3=N\OCCCN(C)C.Cl. The number of nitrogens with one attached hydrogen (secondary N) is 1. The highest BCUT2D eigenvalue weighted by Crippen LogP contribution is 2.36. The maximum absolute atomic E-state index is 12.9. The molecule has 0 bridgehead atoms. The summed E-state index contributed by atoms with van der Waals surface area (Å²) >= 11 is 0. The molecule has 186 valence electrons. The lowest BCUT2D eigenvalue weighted by Gasteiger charge is -2.11. The Morgan fingerprint density at radius 3 is 2.37 bits per heavy atom. The van der Waals surface area contributed by atoms with Crippen molar-refractivity contribution in [2.45, 2.75) is 12.8 Å². The van der Waals surface area contributed by atoms with Gasteiger partial charge in [-0.25, -0.2) is 9.97 Å². The standard InChI is InChI=1S/C26H32N6O2.ClH/c1-31(2)15-8-14-27-26(33)20-12-7-13-21-22(20)29-23-18-10-5-6-11-19(18)24(25(23)28-21)30-34-17-9-16-32(3)4;/h5-7,10-13H,8-9,14-17H2,1-4H3,(H,27,33);1H/b30-24+;. The molecule has 0 atom stereocenters. The highest BCUT2D eigenvalue weighted by Gasteiger charge is 2.29. The second kappa shape index (κ2) is 12.1. The molecule has 4 rings (SSSR count). The predicted molar refractivity (Wildman–Crippen MR) is 142 cm³/mol. The van der Waals surface area contributed by atoms with Crippen LogP contribution in [0, 0.1) is 0 Å². The second-order valence-electron chi connectivity index (χ2n) is 8.98. The summed E-state index contributed by atoms with van der Waals surface area (Å²) in [5.41, 5.74) is 5.77. The minimum atomic E-state index is -0.136. The molecule has 9 heteroatoms. The minimum absolute atomic E-state index is 0. The number of aromatic nitrogens is 2. The summed E-state index contributed by atoms with van der Waals surface area (Å²) in [5.74, 6) is -0.136.